The van der Waals surface area contributed by atoms with E-state index in [1.165, 1.54) is 6.42 Å². The number of esters is 2. The first-order chi connectivity index (χ1) is 58.2. The van der Waals surface area contributed by atoms with Crippen LogP contribution in [0.1, 0.15) is 212 Å². The van der Waals surface area contributed by atoms with Gasteiger partial charge in [-0.2, -0.15) is 0 Å². The summed E-state index contributed by atoms with van der Waals surface area (Å²) in [6, 6.07) is 1.74. The van der Waals surface area contributed by atoms with E-state index in [-0.39, 0.29) is 101 Å². The molecule has 6 N–H and O–H groups in total. The van der Waals surface area contributed by atoms with Crippen molar-refractivity contribution in [3.05, 3.63) is 25.3 Å². The van der Waals surface area contributed by atoms with Gasteiger partial charge < -0.3 is 100 Å². The van der Waals surface area contributed by atoms with Gasteiger partial charge in [-0.3, -0.25) is 0 Å². The molecular weight excluding hydrogens is 1680 g/mol. The summed E-state index contributed by atoms with van der Waals surface area (Å²) in [4.78, 5) is 101. The maximum absolute atomic E-state index is 14.2. The Labute approximate surface area is 744 Å². The molecule has 6 rings (SSSR count). The van der Waals surface area contributed by atoms with Crippen LogP contribution in [-0.2, 0) is 78.2 Å². The highest BCUT2D eigenvalue weighted by Crippen LogP contribution is 2.40. The van der Waals surface area contributed by atoms with Crippen molar-refractivity contribution >= 4 is 98.9 Å². The maximum atomic E-state index is 14.2. The van der Waals surface area contributed by atoms with E-state index in [4.69, 9.17) is 68.6 Å². The second-order valence-corrected chi connectivity index (χ2v) is 66.0. The summed E-state index contributed by atoms with van der Waals surface area (Å²) in [5.74, 6) is 2.38. The molecule has 0 spiro atoms. The molecule has 708 valence electrons. The van der Waals surface area contributed by atoms with Gasteiger partial charge in [-0.1, -0.05) is 13.2 Å². The van der Waals surface area contributed by atoms with Crippen molar-refractivity contribution < 1.29 is 107 Å². The minimum Gasteiger partial charge on any atom is -0.459 e. The van der Waals surface area contributed by atoms with Gasteiger partial charge in [0.15, 0.2) is 33.3 Å². The largest absolute Gasteiger partial charge is 0.459 e. The lowest BCUT2D eigenvalue weighted by Crippen LogP contribution is -2.52. The van der Waals surface area contributed by atoms with Gasteiger partial charge in [0.25, 0.3) is 0 Å². The van der Waals surface area contributed by atoms with Crippen molar-refractivity contribution in [3.8, 4) is 0 Å². The van der Waals surface area contributed by atoms with Gasteiger partial charge in [0.1, 0.15) is 39.6 Å². The van der Waals surface area contributed by atoms with E-state index in [1.807, 2.05) is 0 Å². The van der Waals surface area contributed by atoms with Crippen molar-refractivity contribution in [2.75, 3.05) is 92.5 Å². The van der Waals surface area contributed by atoms with Crippen molar-refractivity contribution in [2.24, 2.45) is 40.9 Å². The molecule has 0 unspecified atom stereocenters. The fourth-order valence-electron chi connectivity index (χ4n) is 18.7. The smallest absolute Gasteiger partial charge is 0.407 e. The molecule has 0 radical (unpaired) electrons. The Kier molecular flexibility index (Phi) is 47.9. The van der Waals surface area contributed by atoms with Gasteiger partial charge in [-0.15, -0.1) is 0 Å². The van der Waals surface area contributed by atoms with Crippen LogP contribution in [0.4, 0.5) is 28.8 Å². The van der Waals surface area contributed by atoms with Crippen LogP contribution in [0.5, 0.6) is 0 Å². The van der Waals surface area contributed by atoms with Gasteiger partial charge in [-0.05, 0) is 351 Å². The second kappa shape index (κ2) is 55.2. The Bertz CT molecular complexity index is 3030. The zero-order valence-corrected chi connectivity index (χ0v) is 84.0. The number of hydrogen-bond acceptors (Lipinski definition) is 23. The Hall–Kier alpha value is -4.94. The zero-order valence-electron chi connectivity index (χ0n) is 78.0. The molecule has 6 fully saturated rings. The van der Waals surface area contributed by atoms with Crippen LogP contribution in [0.15, 0.2) is 25.3 Å². The number of carbonyl (C=O) groups is 8. The molecule has 6 aliphatic carbocycles. The molecule has 0 aromatic heterocycles. The molecule has 0 aromatic carbocycles. The average Bonchev–Trinajstić information content (AvgIpc) is 0.864. The van der Waals surface area contributed by atoms with Crippen molar-refractivity contribution in [3.63, 3.8) is 0 Å². The van der Waals surface area contributed by atoms with E-state index in [0.717, 1.165) is 204 Å². The van der Waals surface area contributed by atoms with Crippen molar-refractivity contribution in [1.29, 1.82) is 0 Å². The van der Waals surface area contributed by atoms with Gasteiger partial charge in [-0.25, -0.2) is 38.4 Å². The van der Waals surface area contributed by atoms with E-state index in [1.54, 1.807) is 0 Å². The van der Waals surface area contributed by atoms with Gasteiger partial charge in [0, 0.05) is 74.8 Å². The number of alkyl carbamates (subject to hydrolysis) is 6. The van der Waals surface area contributed by atoms with Gasteiger partial charge >= 0.3 is 65.6 Å². The topological polar surface area (TPSA) is 347 Å². The summed E-state index contributed by atoms with van der Waals surface area (Å²) in [6.07, 6.45) is 30.1. The SMILES string of the molecule is C=CC(=O)OCCOC(=O)NC1CCC(CC2CCC(NC(=O)OCCCCOCCCCOC(=O)NC3CCC(CC4CCC(NC(=O)OCC(COCCC[Si](C)(O[Si](C)(C)C)O[Si](C)(C)C)(COCCC[Si](C)(O[Si](C)(C)C)O[Si](C)(C)C)COC(=O)NC5CCC(CC6CCC(NC(=O)OCCOC(=O)C=C)CC6)CC5)CC4)CC3)CC2)CC1. The Morgan fingerprint density at radius 2 is 0.480 bits per heavy atom. The number of rotatable bonds is 54. The molecule has 6 amide bonds. The highest BCUT2D eigenvalue weighted by Gasteiger charge is 2.44. The van der Waals surface area contributed by atoms with Gasteiger partial charge in [0.05, 0.1) is 31.8 Å². The number of carbonyl (C=O) groups excluding carboxylic acids is 8. The zero-order chi connectivity index (χ0) is 90.0. The predicted octanol–water partition coefficient (Wildman–Crippen LogP) is 18.3. The summed E-state index contributed by atoms with van der Waals surface area (Å²) >= 11 is 0. The average molecular weight is 1840 g/mol. The molecule has 0 aliphatic heterocycles. The van der Waals surface area contributed by atoms with Crippen LogP contribution in [0, 0.1) is 40.9 Å². The predicted molar refractivity (Wildman–Crippen MR) is 491 cm³/mol. The molecule has 0 bridgehead atoms. The van der Waals surface area contributed by atoms with E-state index in [0.29, 0.717) is 101 Å². The highest BCUT2D eigenvalue weighted by atomic mass is 28.5. The Morgan fingerprint density at radius 1 is 0.268 bits per heavy atom. The third kappa shape index (κ3) is 48.3. The Morgan fingerprint density at radius 3 is 0.715 bits per heavy atom. The third-order valence-corrected chi connectivity index (χ3v) is 43.3. The van der Waals surface area contributed by atoms with Crippen LogP contribution in [0.25, 0.3) is 0 Å². The summed E-state index contributed by atoms with van der Waals surface area (Å²) in [6.45, 7) is 40.0. The van der Waals surface area contributed by atoms with E-state index in [2.05, 4.69) is 137 Å². The highest BCUT2D eigenvalue weighted by molar-refractivity contribution is 6.88. The first-order valence-electron chi connectivity index (χ1n) is 46.9. The Balaban J connectivity index is 0.885. The fourth-order valence-corrected chi connectivity index (χ4v) is 43.7. The molecule has 0 saturated heterocycles. The van der Waals surface area contributed by atoms with E-state index in [9.17, 15) is 38.4 Å². The molecule has 6 aliphatic rings. The summed E-state index contributed by atoms with van der Waals surface area (Å²) in [5, 5.41) is 18.5. The molecule has 35 heteroatoms. The molecular formula is C88H164N6O23Si6. The lowest BCUT2D eigenvalue weighted by Gasteiger charge is -2.38. The van der Waals surface area contributed by atoms with E-state index < -0.39 is 92.1 Å². The molecule has 0 aromatic rings. The minimum absolute atomic E-state index is 0.00186. The van der Waals surface area contributed by atoms with Crippen LogP contribution in [0.3, 0.4) is 0 Å². The van der Waals surface area contributed by atoms with Crippen LogP contribution >= 0.6 is 0 Å². The van der Waals surface area contributed by atoms with Crippen LogP contribution < -0.4 is 31.9 Å². The van der Waals surface area contributed by atoms with Crippen molar-refractivity contribution in [2.45, 2.75) is 352 Å². The lowest BCUT2D eigenvalue weighted by atomic mass is 9.76. The first-order valence-corrected chi connectivity index (χ1v) is 65.6. The monoisotopic (exact) mass is 1840 g/mol. The summed E-state index contributed by atoms with van der Waals surface area (Å²) < 4.78 is 90.3. The number of ether oxygens (including phenoxy) is 11. The second-order valence-electron chi connectivity index (χ2n) is 40.3. The number of amides is 6. The molecule has 0 heterocycles. The van der Waals surface area contributed by atoms with Crippen molar-refractivity contribution in [1.82, 2.24) is 31.9 Å². The van der Waals surface area contributed by atoms with E-state index >= 15 is 0 Å². The summed E-state index contributed by atoms with van der Waals surface area (Å²) in [7, 11) is -13.0. The lowest BCUT2D eigenvalue weighted by molar-refractivity contribution is -0.139. The number of unbranched alkanes of at least 4 members (excludes halogenated alkanes) is 2. The number of nitrogens with one attached hydrogen (secondary N) is 6. The fraction of sp³-hybridized carbons (Fsp3) is 0.864. The first kappa shape index (κ1) is 107. The molecule has 29 nitrogen and oxygen atoms in total. The maximum Gasteiger partial charge on any atom is 0.407 e. The van der Waals surface area contributed by atoms with Crippen LogP contribution in [-0.4, -0.2) is 228 Å². The van der Waals surface area contributed by atoms with Crippen LogP contribution in [0.2, 0.25) is 104 Å². The quantitative estimate of drug-likeness (QED) is 0.0108. The molecule has 0 atom stereocenters. The third-order valence-electron chi connectivity index (χ3n) is 24.1. The van der Waals surface area contributed by atoms with Gasteiger partial charge in [0.2, 0.25) is 0 Å². The number of hydrogen-bond donors (Lipinski definition) is 6. The molecule has 6 saturated carbocycles. The summed E-state index contributed by atoms with van der Waals surface area (Å²) in [5.41, 5.74) is -1.07. The minimum atomic E-state index is -2.58. The molecule has 123 heavy (non-hydrogen) atoms. The normalized spacial score (nSPS) is 23.8. The standard InChI is InChI=1S/C88H164N6O23Si6/c1-17-80(95)106-55-57-110-84(99)91-76-41-29-70(30-42-76)61-68-25-37-74(38-26-68)89-82(97)108-53-21-19-49-103-50-20-22-54-109-83(98)90-75-39-27-69(28-40-75)62-72-33-45-78(46-34-72)93-86(101)112-66-88(64-104-51-23-59-122(15,114-118(3,4)5)115-119(6,7)8,65-105-52-24-60-123(16,116-120(9,10)11)117-121(12,13)14)67-113-87(102)94-79-47-35-73(36-48-79)63-71-31-43-77(44-32-71)92-85(100)111-58-56-107-81(96)18-2/h17-18,68-79H,1-2,19-67H2,3-16H3,(H,89,97)(H,90,98)(H,91,99)(H,92,100)(H,93,101)(H,94,102).